The molecule has 2 saturated heterocycles. The van der Waals surface area contributed by atoms with Crippen LogP contribution in [0.3, 0.4) is 0 Å². The monoisotopic (exact) mass is 385 g/mol. The van der Waals surface area contributed by atoms with E-state index in [1.165, 1.54) is 19.3 Å². The Bertz CT molecular complexity index is 597. The lowest BCUT2D eigenvalue weighted by Crippen LogP contribution is -2.50. The van der Waals surface area contributed by atoms with Gasteiger partial charge in [0.1, 0.15) is 0 Å². The van der Waals surface area contributed by atoms with Crippen molar-refractivity contribution < 1.29 is 13.2 Å². The van der Waals surface area contributed by atoms with E-state index in [0.29, 0.717) is 29.8 Å². The first-order valence-electron chi connectivity index (χ1n) is 10.2. The van der Waals surface area contributed by atoms with Gasteiger partial charge in [0, 0.05) is 31.8 Å². The largest absolute Gasteiger partial charge is 0.381 e. The molecule has 3 rings (SSSR count). The van der Waals surface area contributed by atoms with E-state index in [-0.39, 0.29) is 11.7 Å². The number of guanidine groups is 1. The maximum Gasteiger partial charge on any atom is 0.191 e. The second kappa shape index (κ2) is 8.46. The van der Waals surface area contributed by atoms with Crippen molar-refractivity contribution in [2.45, 2.75) is 70.9 Å². The van der Waals surface area contributed by atoms with Gasteiger partial charge in [-0.25, -0.2) is 8.42 Å². The zero-order chi connectivity index (χ0) is 18.6. The van der Waals surface area contributed by atoms with Gasteiger partial charge in [0.2, 0.25) is 0 Å². The molecule has 1 aliphatic carbocycles. The Balaban J connectivity index is 1.61. The highest BCUT2D eigenvalue weighted by molar-refractivity contribution is 7.91. The minimum absolute atomic E-state index is 0.163. The van der Waals surface area contributed by atoms with Crippen molar-refractivity contribution in [1.82, 2.24) is 10.6 Å². The number of aliphatic imine (C=N–C) groups is 1. The summed E-state index contributed by atoms with van der Waals surface area (Å²) in [5, 5.41) is 7.24. The molecule has 0 aromatic rings. The molecule has 2 atom stereocenters. The fourth-order valence-corrected chi connectivity index (χ4v) is 6.27. The molecule has 26 heavy (non-hydrogen) atoms. The van der Waals surface area contributed by atoms with Crippen molar-refractivity contribution in [3.8, 4) is 0 Å². The molecule has 2 unspecified atom stereocenters. The number of nitrogens with one attached hydrogen (secondary N) is 2. The zero-order valence-corrected chi connectivity index (χ0v) is 17.1. The molecule has 0 aromatic heterocycles. The molecule has 2 N–H and O–H groups in total. The predicted octanol–water partition coefficient (Wildman–Crippen LogP) is 2.10. The summed E-state index contributed by atoms with van der Waals surface area (Å²) in [5.41, 5.74) is 0.374. The van der Waals surface area contributed by atoms with Crippen molar-refractivity contribution >= 4 is 15.8 Å². The predicted molar refractivity (Wildman–Crippen MR) is 105 cm³/mol. The normalized spacial score (nSPS) is 32.3. The van der Waals surface area contributed by atoms with Gasteiger partial charge in [0.25, 0.3) is 0 Å². The van der Waals surface area contributed by atoms with Crippen LogP contribution in [0.2, 0.25) is 0 Å². The first-order chi connectivity index (χ1) is 12.3. The lowest BCUT2D eigenvalue weighted by molar-refractivity contribution is 0.0820. The van der Waals surface area contributed by atoms with Crippen LogP contribution in [0, 0.1) is 11.3 Å². The smallest absolute Gasteiger partial charge is 0.191 e. The topological polar surface area (TPSA) is 79.8 Å². The first-order valence-corrected chi connectivity index (χ1v) is 12.0. The maximum absolute atomic E-state index is 11.7. The highest BCUT2D eigenvalue weighted by Gasteiger charge is 2.30. The second-order valence-electron chi connectivity index (χ2n) is 9.09. The second-order valence-corrected chi connectivity index (χ2v) is 11.3. The lowest BCUT2D eigenvalue weighted by atomic mass is 9.75. The minimum Gasteiger partial charge on any atom is -0.381 e. The van der Waals surface area contributed by atoms with E-state index in [2.05, 4.69) is 24.5 Å². The fourth-order valence-electron chi connectivity index (χ4n) is 4.42. The van der Waals surface area contributed by atoms with Crippen LogP contribution in [0.5, 0.6) is 0 Å². The number of nitrogens with zero attached hydrogens (tertiary/aromatic N) is 1. The molecule has 2 aliphatic heterocycles. The summed E-state index contributed by atoms with van der Waals surface area (Å²) in [4.78, 5) is 4.80. The van der Waals surface area contributed by atoms with Crippen LogP contribution in [0.15, 0.2) is 4.99 Å². The third-order valence-corrected chi connectivity index (χ3v) is 7.78. The van der Waals surface area contributed by atoms with E-state index in [0.717, 1.165) is 44.9 Å². The number of hydrogen-bond donors (Lipinski definition) is 2. The Kier molecular flexibility index (Phi) is 6.49. The quantitative estimate of drug-likeness (QED) is 0.572. The van der Waals surface area contributed by atoms with Gasteiger partial charge in [-0.1, -0.05) is 20.3 Å². The molecule has 0 spiro atoms. The van der Waals surface area contributed by atoms with Crippen LogP contribution < -0.4 is 10.6 Å². The third kappa shape index (κ3) is 6.12. The molecule has 7 heteroatoms. The molecule has 2 heterocycles. The van der Waals surface area contributed by atoms with Crippen LogP contribution in [0.4, 0.5) is 0 Å². The van der Waals surface area contributed by atoms with E-state index in [4.69, 9.17) is 9.73 Å². The van der Waals surface area contributed by atoms with Gasteiger partial charge >= 0.3 is 0 Å². The van der Waals surface area contributed by atoms with Crippen LogP contribution in [-0.2, 0) is 14.6 Å². The minimum atomic E-state index is -2.84. The molecular formula is C19H35N3O3S. The van der Waals surface area contributed by atoms with Gasteiger partial charge in [0.05, 0.1) is 11.5 Å². The summed E-state index contributed by atoms with van der Waals surface area (Å²) in [5.74, 6) is 1.64. The molecule has 6 nitrogen and oxygen atoms in total. The van der Waals surface area contributed by atoms with E-state index in [1.807, 2.05) is 0 Å². The number of rotatable bonds is 4. The third-order valence-electron chi connectivity index (χ3n) is 5.94. The number of sulfone groups is 1. The Labute approximate surface area is 158 Å². The molecule has 0 bridgehead atoms. The molecule has 0 aromatic carbocycles. The number of hydrogen-bond acceptors (Lipinski definition) is 4. The van der Waals surface area contributed by atoms with E-state index < -0.39 is 9.84 Å². The average molecular weight is 386 g/mol. The van der Waals surface area contributed by atoms with E-state index in [9.17, 15) is 8.42 Å². The van der Waals surface area contributed by atoms with Gasteiger partial charge < -0.3 is 15.4 Å². The van der Waals surface area contributed by atoms with Crippen LogP contribution in [-0.4, -0.2) is 57.7 Å². The number of ether oxygens (including phenoxy) is 1. The summed E-state index contributed by atoms with van der Waals surface area (Å²) in [7, 11) is -2.84. The van der Waals surface area contributed by atoms with Crippen molar-refractivity contribution in [2.24, 2.45) is 16.3 Å². The summed E-state index contributed by atoms with van der Waals surface area (Å²) >= 11 is 0. The Morgan fingerprint density at radius 3 is 2.50 bits per heavy atom. The van der Waals surface area contributed by atoms with Gasteiger partial charge in [0.15, 0.2) is 15.8 Å². The molecule has 3 fully saturated rings. The highest BCUT2D eigenvalue weighted by Crippen LogP contribution is 2.35. The summed E-state index contributed by atoms with van der Waals surface area (Å²) < 4.78 is 28.9. The van der Waals surface area contributed by atoms with Crippen LogP contribution >= 0.6 is 0 Å². The molecule has 150 valence electrons. The van der Waals surface area contributed by atoms with Gasteiger partial charge in [-0.05, 0) is 49.9 Å². The molecule has 0 radical (unpaired) electrons. The molecule has 1 saturated carbocycles. The summed E-state index contributed by atoms with van der Waals surface area (Å²) in [6, 6.07) is 0.830. The Hall–Kier alpha value is -0.820. The van der Waals surface area contributed by atoms with Gasteiger partial charge in [-0.2, -0.15) is 0 Å². The standard InChI is InChI=1S/C19H35N3O3S/c1-19(2)8-3-4-17(12-19)22-18(21-16-5-9-25-10-6-16)20-13-15-7-11-26(23,24)14-15/h15-17H,3-14H2,1-2H3,(H2,20,21,22). The lowest BCUT2D eigenvalue weighted by Gasteiger charge is -2.37. The molecular weight excluding hydrogens is 350 g/mol. The SMILES string of the molecule is CC1(C)CCCC(NC(=NCC2CCS(=O)(=O)C2)NC2CCOCC2)C1. The van der Waals surface area contributed by atoms with Crippen molar-refractivity contribution in [2.75, 3.05) is 31.3 Å². The zero-order valence-electron chi connectivity index (χ0n) is 16.3. The van der Waals surface area contributed by atoms with Crippen LogP contribution in [0.1, 0.15) is 58.8 Å². The Morgan fingerprint density at radius 1 is 1.12 bits per heavy atom. The summed E-state index contributed by atoms with van der Waals surface area (Å²) in [6.45, 7) is 6.86. The fraction of sp³-hybridized carbons (Fsp3) is 0.947. The highest BCUT2D eigenvalue weighted by atomic mass is 32.2. The van der Waals surface area contributed by atoms with Crippen molar-refractivity contribution in [1.29, 1.82) is 0 Å². The van der Waals surface area contributed by atoms with Crippen LogP contribution in [0.25, 0.3) is 0 Å². The molecule has 3 aliphatic rings. The first kappa shape index (κ1) is 19.9. The van der Waals surface area contributed by atoms with Crippen molar-refractivity contribution in [3.63, 3.8) is 0 Å². The summed E-state index contributed by atoms with van der Waals surface area (Å²) in [6.07, 6.45) is 7.59. The molecule has 0 amide bonds. The van der Waals surface area contributed by atoms with Crippen molar-refractivity contribution in [3.05, 3.63) is 0 Å². The van der Waals surface area contributed by atoms with E-state index >= 15 is 0 Å². The maximum atomic E-state index is 11.7. The van der Waals surface area contributed by atoms with Gasteiger partial charge in [-0.3, -0.25) is 4.99 Å². The average Bonchev–Trinajstić information content (AvgIpc) is 2.92. The van der Waals surface area contributed by atoms with Gasteiger partial charge in [-0.15, -0.1) is 0 Å². The Morgan fingerprint density at radius 2 is 1.85 bits per heavy atom. The van der Waals surface area contributed by atoms with E-state index in [1.54, 1.807) is 0 Å².